The Labute approximate surface area is 188 Å². The van der Waals surface area contributed by atoms with Crippen molar-refractivity contribution in [1.82, 2.24) is 35.6 Å². The van der Waals surface area contributed by atoms with Crippen LogP contribution in [0.25, 0.3) is 11.3 Å². The predicted molar refractivity (Wildman–Crippen MR) is 120 cm³/mol. The summed E-state index contributed by atoms with van der Waals surface area (Å²) in [5.41, 5.74) is 3.24. The summed E-state index contributed by atoms with van der Waals surface area (Å²) in [6, 6.07) is 2.66. The fourth-order valence-electron chi connectivity index (χ4n) is 3.60. The first-order valence-corrected chi connectivity index (χ1v) is 9.70. The zero-order valence-electron chi connectivity index (χ0n) is 20.9. The number of carbonyl (C=O) groups excluding carboxylic acids is 2. The summed E-state index contributed by atoms with van der Waals surface area (Å²) in [6.45, 7) is -0.695. The Hall–Kier alpha value is -4.22. The van der Waals surface area contributed by atoms with Crippen LogP contribution in [0.5, 0.6) is 0 Å². The molecular formula is C20H24N10O2. The number of urea groups is 1. The van der Waals surface area contributed by atoms with Crippen molar-refractivity contribution >= 4 is 34.9 Å². The van der Waals surface area contributed by atoms with Crippen molar-refractivity contribution in [2.45, 2.75) is 13.0 Å². The van der Waals surface area contributed by atoms with E-state index < -0.39 is 18.9 Å². The van der Waals surface area contributed by atoms with Gasteiger partial charge < -0.3 is 20.9 Å². The van der Waals surface area contributed by atoms with Gasteiger partial charge in [-0.1, -0.05) is 0 Å². The van der Waals surface area contributed by atoms with Gasteiger partial charge in [-0.2, -0.15) is 5.10 Å². The minimum absolute atomic E-state index is 0.0182. The summed E-state index contributed by atoms with van der Waals surface area (Å²) in [6.07, 6.45) is 3.57. The van der Waals surface area contributed by atoms with Crippen LogP contribution >= 0.6 is 0 Å². The Morgan fingerprint density at radius 3 is 2.78 bits per heavy atom. The van der Waals surface area contributed by atoms with E-state index in [0.29, 0.717) is 5.82 Å². The average Bonchev–Trinajstić information content (AvgIpc) is 3.18. The van der Waals surface area contributed by atoms with Gasteiger partial charge in [0, 0.05) is 61.8 Å². The van der Waals surface area contributed by atoms with Gasteiger partial charge in [0.05, 0.1) is 23.1 Å². The second-order valence-corrected chi connectivity index (χ2v) is 7.22. The van der Waals surface area contributed by atoms with Crippen molar-refractivity contribution in [1.29, 1.82) is 0 Å². The molecule has 166 valence electrons. The summed E-state index contributed by atoms with van der Waals surface area (Å²) in [5, 5.41) is 22.1. The minimum Gasteiger partial charge on any atom is -0.364 e. The van der Waals surface area contributed by atoms with Crippen LogP contribution in [0.3, 0.4) is 0 Å². The third kappa shape index (κ3) is 3.55. The molecule has 3 amide bonds. The lowest BCUT2D eigenvalue weighted by Gasteiger charge is -2.34. The van der Waals surface area contributed by atoms with Crippen molar-refractivity contribution in [2.24, 2.45) is 7.05 Å². The largest absolute Gasteiger partial charge is 0.364 e. The number of pyridine rings is 1. The molecule has 1 aliphatic heterocycles. The number of aromatic nitrogens is 5. The summed E-state index contributed by atoms with van der Waals surface area (Å²) in [7, 11) is 5.20. The lowest BCUT2D eigenvalue weighted by atomic mass is 9.96. The molecule has 0 saturated carbocycles. The summed E-state index contributed by atoms with van der Waals surface area (Å²) in [4.78, 5) is 30.9. The van der Waals surface area contributed by atoms with Gasteiger partial charge in [-0.15, -0.1) is 10.2 Å². The van der Waals surface area contributed by atoms with Gasteiger partial charge in [-0.3, -0.25) is 14.8 Å². The summed E-state index contributed by atoms with van der Waals surface area (Å²) in [5.74, 6) is -0.546. The van der Waals surface area contributed by atoms with Crippen molar-refractivity contribution in [3.63, 3.8) is 0 Å². The molecule has 1 aliphatic rings. The van der Waals surface area contributed by atoms with Crippen molar-refractivity contribution in [3.8, 4) is 11.3 Å². The summed E-state index contributed by atoms with van der Waals surface area (Å²) >= 11 is 0. The van der Waals surface area contributed by atoms with Crippen LogP contribution in [0.4, 0.5) is 27.8 Å². The van der Waals surface area contributed by atoms with Crippen LogP contribution in [-0.4, -0.2) is 58.0 Å². The van der Waals surface area contributed by atoms with Crippen LogP contribution < -0.4 is 26.2 Å². The molecule has 0 aromatic carbocycles. The van der Waals surface area contributed by atoms with Gasteiger partial charge in [-0.25, -0.2) is 9.78 Å². The number of hydrogen-bond donors (Lipinski definition) is 4. The van der Waals surface area contributed by atoms with E-state index in [-0.39, 0.29) is 23.2 Å². The molecular weight excluding hydrogens is 412 g/mol. The van der Waals surface area contributed by atoms with E-state index in [9.17, 15) is 9.59 Å². The second-order valence-electron chi connectivity index (χ2n) is 7.22. The third-order valence-electron chi connectivity index (χ3n) is 5.26. The van der Waals surface area contributed by atoms with Gasteiger partial charge in [0.25, 0.3) is 5.91 Å². The second kappa shape index (κ2) is 8.13. The number of nitrogens with zero attached hydrogens (tertiary/aromatic N) is 6. The van der Waals surface area contributed by atoms with Crippen LogP contribution in [0.15, 0.2) is 24.5 Å². The molecule has 4 heterocycles. The molecule has 1 atom stereocenters. The van der Waals surface area contributed by atoms with Crippen molar-refractivity contribution in [2.75, 3.05) is 36.6 Å². The molecule has 0 aliphatic carbocycles. The van der Waals surface area contributed by atoms with Gasteiger partial charge in [-0.05, 0) is 13.0 Å². The predicted octanol–water partition coefficient (Wildman–Crippen LogP) is 1.64. The van der Waals surface area contributed by atoms with E-state index in [1.165, 1.54) is 13.1 Å². The van der Waals surface area contributed by atoms with E-state index in [0.717, 1.165) is 22.5 Å². The third-order valence-corrected chi connectivity index (χ3v) is 5.26. The van der Waals surface area contributed by atoms with E-state index in [1.807, 2.05) is 43.5 Å². The minimum atomic E-state index is -2.73. The first kappa shape index (κ1) is 17.5. The van der Waals surface area contributed by atoms with Crippen LogP contribution in [0, 0.1) is 0 Å². The van der Waals surface area contributed by atoms with Crippen LogP contribution in [-0.2, 0) is 7.05 Å². The number of carbonyl (C=O) groups is 2. The van der Waals surface area contributed by atoms with Gasteiger partial charge in [0.15, 0.2) is 17.3 Å². The highest BCUT2D eigenvalue weighted by Crippen LogP contribution is 2.46. The Balaban J connectivity index is 1.80. The molecule has 32 heavy (non-hydrogen) atoms. The molecule has 0 saturated heterocycles. The maximum Gasteiger partial charge on any atom is 0.320 e. The van der Waals surface area contributed by atoms with E-state index in [2.05, 4.69) is 36.2 Å². The molecule has 1 unspecified atom stereocenters. The molecule has 0 fully saturated rings. The normalized spacial score (nSPS) is 16.1. The lowest BCUT2D eigenvalue weighted by molar-refractivity contribution is 0.0958. The molecule has 12 nitrogen and oxygen atoms in total. The maximum absolute atomic E-state index is 12.7. The van der Waals surface area contributed by atoms with E-state index >= 15 is 0 Å². The molecule has 0 bridgehead atoms. The standard InChI is InChI=1S/C20H24N10O2/c1-10-12-9-29(4)28-15(12)11-6-7-23-18(17(11)30(10)5)24-13-8-14(25-20(32)22-3)26-27-16(13)19(31)21-2/h6-10H,1-5H3,(H,21,31)(H3,22,23,24,25,26,32)/i2D3. The molecule has 0 spiro atoms. The first-order chi connectivity index (χ1) is 16.5. The molecule has 12 heteroatoms. The molecule has 3 aromatic heterocycles. The fourth-order valence-corrected chi connectivity index (χ4v) is 3.60. The highest BCUT2D eigenvalue weighted by Gasteiger charge is 2.31. The monoisotopic (exact) mass is 439 g/mol. The number of nitrogens with one attached hydrogen (secondary N) is 4. The Kier molecular flexibility index (Phi) is 4.44. The Morgan fingerprint density at radius 1 is 1.22 bits per heavy atom. The highest BCUT2D eigenvalue weighted by molar-refractivity contribution is 6.00. The van der Waals surface area contributed by atoms with Gasteiger partial charge in [0.2, 0.25) is 0 Å². The first-order valence-electron chi connectivity index (χ1n) is 11.2. The number of aryl methyl sites for hydroxylation is 1. The number of hydrogen-bond acceptors (Lipinski definition) is 8. The zero-order valence-corrected chi connectivity index (χ0v) is 17.9. The smallest absolute Gasteiger partial charge is 0.320 e. The molecule has 4 rings (SSSR count). The van der Waals surface area contributed by atoms with Crippen LogP contribution in [0.2, 0.25) is 0 Å². The average molecular weight is 439 g/mol. The number of amides is 3. The SMILES string of the molecule is [2H]C([2H])([2H])NC(=O)c1nnc(NC(=O)NC)cc1Nc1nccc2c1N(C)C(C)c1cn(C)nc1-2. The molecule has 0 radical (unpaired) electrons. The van der Waals surface area contributed by atoms with Gasteiger partial charge >= 0.3 is 6.03 Å². The quantitative estimate of drug-likeness (QED) is 0.481. The maximum atomic E-state index is 12.7. The number of fused-ring (bicyclic) bond motifs is 3. The van der Waals surface area contributed by atoms with Crippen molar-refractivity contribution < 1.29 is 13.7 Å². The molecule has 4 N–H and O–H groups in total. The highest BCUT2D eigenvalue weighted by atomic mass is 16.2. The molecule has 3 aromatic rings. The fraction of sp³-hybridized carbons (Fsp3) is 0.300. The summed E-state index contributed by atoms with van der Waals surface area (Å²) < 4.78 is 23.8. The topological polar surface area (TPSA) is 142 Å². The van der Waals surface area contributed by atoms with Gasteiger partial charge in [0.1, 0.15) is 0 Å². The Bertz CT molecular complexity index is 1310. The zero-order chi connectivity index (χ0) is 25.5. The van der Waals surface area contributed by atoms with Crippen molar-refractivity contribution in [3.05, 3.63) is 35.8 Å². The number of rotatable bonds is 4. The van der Waals surface area contributed by atoms with E-state index in [4.69, 9.17) is 4.11 Å². The Morgan fingerprint density at radius 2 is 2.03 bits per heavy atom. The lowest BCUT2D eigenvalue weighted by Crippen LogP contribution is -2.28. The van der Waals surface area contributed by atoms with Crippen LogP contribution in [0.1, 0.15) is 33.1 Å². The number of anilines is 4. The van der Waals surface area contributed by atoms with E-state index in [1.54, 1.807) is 10.9 Å².